The summed E-state index contributed by atoms with van der Waals surface area (Å²) in [6.45, 7) is 3.67. The van der Waals surface area contributed by atoms with Crippen LogP contribution in [0.1, 0.15) is 63.7 Å². The Balaban J connectivity index is 1.11. The fourth-order valence-electron chi connectivity index (χ4n) is 6.11. The number of aryl methyl sites for hydroxylation is 1. The molecule has 1 aliphatic carbocycles. The van der Waals surface area contributed by atoms with E-state index in [1.807, 2.05) is 35.5 Å². The largest absolute Gasteiger partial charge is 0.371 e. The molecular weight excluding hydrogens is 450 g/mol. The van der Waals surface area contributed by atoms with Gasteiger partial charge < -0.3 is 15.1 Å². The zero-order valence-corrected chi connectivity index (χ0v) is 20.4. The first-order chi connectivity index (χ1) is 17.6. The molecule has 2 aliphatic heterocycles. The molecule has 1 aromatic carbocycles. The monoisotopic (exact) mass is 481 g/mol. The molecule has 36 heavy (non-hydrogen) atoms. The van der Waals surface area contributed by atoms with Crippen molar-refractivity contribution in [3.63, 3.8) is 0 Å². The van der Waals surface area contributed by atoms with Gasteiger partial charge in [0.1, 0.15) is 5.69 Å². The Kier molecular flexibility index (Phi) is 5.91. The average molecular weight is 482 g/mol. The third-order valence-electron chi connectivity index (χ3n) is 8.25. The predicted octanol–water partition coefficient (Wildman–Crippen LogP) is 4.03. The van der Waals surface area contributed by atoms with E-state index in [0.29, 0.717) is 5.69 Å². The summed E-state index contributed by atoms with van der Waals surface area (Å²) >= 11 is 0. The van der Waals surface area contributed by atoms with E-state index in [9.17, 15) is 9.59 Å². The van der Waals surface area contributed by atoms with Crippen molar-refractivity contribution in [2.24, 2.45) is 5.41 Å². The maximum atomic E-state index is 13.5. The van der Waals surface area contributed by atoms with Crippen molar-refractivity contribution in [3.05, 3.63) is 89.5 Å². The fraction of sp³-hybridized carbons (Fsp3) is 0.379. The number of rotatable bonds is 4. The number of nitrogens with zero attached hydrogens (tertiary/aromatic N) is 4. The van der Waals surface area contributed by atoms with Gasteiger partial charge in [-0.25, -0.2) is 0 Å². The summed E-state index contributed by atoms with van der Waals surface area (Å²) in [5, 5.41) is 3.12. The number of fused-ring (bicyclic) bond motifs is 1. The van der Waals surface area contributed by atoms with Crippen LogP contribution in [-0.4, -0.2) is 52.9 Å². The number of nitrogens with one attached hydrogen (secondary N) is 1. The Morgan fingerprint density at radius 3 is 2.53 bits per heavy atom. The molecule has 1 atom stereocenters. The van der Waals surface area contributed by atoms with Crippen LogP contribution in [0, 0.1) is 5.41 Å². The van der Waals surface area contributed by atoms with E-state index >= 15 is 0 Å². The van der Waals surface area contributed by atoms with Crippen LogP contribution in [0.2, 0.25) is 0 Å². The molecule has 184 valence electrons. The van der Waals surface area contributed by atoms with Crippen LogP contribution >= 0.6 is 0 Å². The van der Waals surface area contributed by atoms with E-state index in [1.54, 1.807) is 18.3 Å². The lowest BCUT2D eigenvalue weighted by Crippen LogP contribution is -2.42. The number of carbonyl (C=O) groups excluding carboxylic acids is 2. The molecule has 3 aromatic rings. The summed E-state index contributed by atoms with van der Waals surface area (Å²) in [7, 11) is 0. The van der Waals surface area contributed by atoms with Crippen molar-refractivity contribution < 1.29 is 9.59 Å². The maximum absolute atomic E-state index is 13.5. The standard InChI is InChI=1S/C29H31N5O2/c35-27(26-3-1-2-13-31-26)32-25-7-6-21-4-5-22(19-24(21)25)28(36)34-18-12-29(20-34)10-16-33(17-11-29)23-8-14-30-15-9-23/h1-5,8-9,13-15,19,25H,6-7,10-12,16-18,20H2,(H,32,35). The van der Waals surface area contributed by atoms with Crippen LogP contribution in [0.25, 0.3) is 0 Å². The van der Waals surface area contributed by atoms with Gasteiger partial charge in [0, 0.05) is 56.0 Å². The van der Waals surface area contributed by atoms with E-state index in [0.717, 1.165) is 69.4 Å². The van der Waals surface area contributed by atoms with Gasteiger partial charge in [0.15, 0.2) is 0 Å². The number of hydrogen-bond donors (Lipinski definition) is 1. The number of carbonyl (C=O) groups is 2. The number of likely N-dealkylation sites (tertiary alicyclic amines) is 1. The minimum atomic E-state index is -0.176. The van der Waals surface area contributed by atoms with Crippen molar-refractivity contribution in [2.45, 2.75) is 38.1 Å². The number of anilines is 1. The highest BCUT2D eigenvalue weighted by atomic mass is 16.2. The average Bonchev–Trinajstić information content (AvgIpc) is 3.53. The van der Waals surface area contributed by atoms with Crippen molar-refractivity contribution in [2.75, 3.05) is 31.1 Å². The van der Waals surface area contributed by atoms with Gasteiger partial charge in [-0.3, -0.25) is 19.6 Å². The predicted molar refractivity (Wildman–Crippen MR) is 138 cm³/mol. The molecule has 2 saturated heterocycles. The van der Waals surface area contributed by atoms with Crippen LogP contribution < -0.4 is 10.2 Å². The van der Waals surface area contributed by atoms with Gasteiger partial charge in [-0.05, 0) is 85.0 Å². The first-order valence-corrected chi connectivity index (χ1v) is 12.9. The van der Waals surface area contributed by atoms with Crippen molar-refractivity contribution in [1.29, 1.82) is 0 Å². The van der Waals surface area contributed by atoms with E-state index < -0.39 is 0 Å². The van der Waals surface area contributed by atoms with Crippen LogP contribution in [0.4, 0.5) is 5.69 Å². The van der Waals surface area contributed by atoms with Crippen LogP contribution in [0.15, 0.2) is 67.1 Å². The third-order valence-corrected chi connectivity index (χ3v) is 8.25. The number of pyridine rings is 2. The van der Waals surface area contributed by atoms with E-state index in [-0.39, 0.29) is 23.3 Å². The molecule has 6 rings (SSSR count). The van der Waals surface area contributed by atoms with Crippen LogP contribution in [-0.2, 0) is 6.42 Å². The van der Waals surface area contributed by atoms with Crippen molar-refractivity contribution in [3.8, 4) is 0 Å². The van der Waals surface area contributed by atoms with E-state index in [1.165, 1.54) is 11.3 Å². The van der Waals surface area contributed by atoms with Gasteiger partial charge in [-0.1, -0.05) is 12.1 Å². The Morgan fingerprint density at radius 2 is 1.75 bits per heavy atom. The Labute approximate surface area is 211 Å². The fourth-order valence-corrected chi connectivity index (χ4v) is 6.11. The summed E-state index contributed by atoms with van der Waals surface area (Å²) in [4.78, 5) is 38.9. The Morgan fingerprint density at radius 1 is 0.944 bits per heavy atom. The number of aromatic nitrogens is 2. The first-order valence-electron chi connectivity index (χ1n) is 12.9. The van der Waals surface area contributed by atoms with Crippen LogP contribution in [0.5, 0.6) is 0 Å². The van der Waals surface area contributed by atoms with Gasteiger partial charge in [0.05, 0.1) is 6.04 Å². The zero-order valence-electron chi connectivity index (χ0n) is 20.4. The molecule has 4 heterocycles. The molecule has 3 aliphatic rings. The second kappa shape index (κ2) is 9.37. The lowest BCUT2D eigenvalue weighted by Gasteiger charge is -2.40. The second-order valence-electron chi connectivity index (χ2n) is 10.4. The summed E-state index contributed by atoms with van der Waals surface area (Å²) in [5.74, 6) is -0.0716. The number of benzene rings is 1. The lowest BCUT2D eigenvalue weighted by molar-refractivity contribution is 0.0764. The maximum Gasteiger partial charge on any atom is 0.270 e. The topological polar surface area (TPSA) is 78.4 Å². The van der Waals surface area contributed by atoms with Gasteiger partial charge in [-0.15, -0.1) is 0 Å². The number of hydrogen-bond acceptors (Lipinski definition) is 5. The van der Waals surface area contributed by atoms with E-state index in [2.05, 4.69) is 38.4 Å². The van der Waals surface area contributed by atoms with Gasteiger partial charge in [0.25, 0.3) is 11.8 Å². The van der Waals surface area contributed by atoms with Crippen LogP contribution in [0.3, 0.4) is 0 Å². The highest BCUT2D eigenvalue weighted by molar-refractivity contribution is 5.95. The summed E-state index contributed by atoms with van der Waals surface area (Å²) in [5.41, 5.74) is 4.85. The molecule has 7 nitrogen and oxygen atoms in total. The first kappa shape index (κ1) is 22.7. The minimum Gasteiger partial charge on any atom is -0.371 e. The lowest BCUT2D eigenvalue weighted by atomic mass is 9.77. The van der Waals surface area contributed by atoms with Crippen molar-refractivity contribution in [1.82, 2.24) is 20.2 Å². The quantitative estimate of drug-likeness (QED) is 0.609. The number of piperidine rings is 1. The van der Waals surface area contributed by atoms with Gasteiger partial charge in [-0.2, -0.15) is 0 Å². The molecule has 1 unspecified atom stereocenters. The normalized spacial score (nSPS) is 20.4. The number of amides is 2. The second-order valence-corrected chi connectivity index (χ2v) is 10.4. The summed E-state index contributed by atoms with van der Waals surface area (Å²) < 4.78 is 0. The molecule has 1 spiro atoms. The molecule has 2 amide bonds. The summed E-state index contributed by atoms with van der Waals surface area (Å²) in [6.07, 6.45) is 10.3. The molecule has 0 radical (unpaired) electrons. The molecule has 7 heteroatoms. The minimum absolute atomic E-state index is 0.0929. The van der Waals surface area contributed by atoms with Gasteiger partial charge >= 0.3 is 0 Å². The summed E-state index contributed by atoms with van der Waals surface area (Å²) in [6, 6.07) is 15.4. The van der Waals surface area contributed by atoms with E-state index in [4.69, 9.17) is 0 Å². The Hall–Kier alpha value is -3.74. The molecule has 0 bridgehead atoms. The smallest absolute Gasteiger partial charge is 0.270 e. The molecule has 2 aromatic heterocycles. The molecule has 1 N–H and O–H groups in total. The highest BCUT2D eigenvalue weighted by Gasteiger charge is 2.42. The third kappa shape index (κ3) is 4.34. The van der Waals surface area contributed by atoms with Gasteiger partial charge in [0.2, 0.25) is 0 Å². The SMILES string of the molecule is O=C(NC1CCc2ccc(C(=O)N3CCC4(CCN(c5ccncc5)CC4)C3)cc21)c1ccccn1. The van der Waals surface area contributed by atoms with Crippen molar-refractivity contribution >= 4 is 17.5 Å². The zero-order chi connectivity index (χ0) is 24.5. The Bertz CT molecular complexity index is 1260. The molecule has 0 saturated carbocycles. The molecule has 2 fully saturated rings. The highest BCUT2D eigenvalue weighted by Crippen LogP contribution is 2.42. The molecular formula is C29H31N5O2.